The number of hydrogen-bond donors (Lipinski definition) is 0. The summed E-state index contributed by atoms with van der Waals surface area (Å²) in [6.45, 7) is 0. The van der Waals surface area contributed by atoms with Crippen LogP contribution < -0.4 is 0 Å². The highest BCUT2D eigenvalue weighted by Gasteiger charge is 2.39. The first-order chi connectivity index (χ1) is 25.3. The van der Waals surface area contributed by atoms with Crippen LogP contribution in [0.2, 0.25) is 0 Å². The number of thiophene rings is 9. The first-order valence-corrected chi connectivity index (χ1v) is 21.8. The van der Waals surface area contributed by atoms with Crippen LogP contribution in [0.3, 0.4) is 0 Å². The molecule has 9 aromatic rings. The van der Waals surface area contributed by atoms with Crippen LogP contribution in [-0.2, 0) is 0 Å². The van der Waals surface area contributed by atoms with Crippen molar-refractivity contribution in [3.63, 3.8) is 0 Å². The van der Waals surface area contributed by atoms with Crippen LogP contribution in [0.1, 0.15) is 9.75 Å². The third-order valence-corrected chi connectivity index (χ3v) is 19.7. The number of halogens is 6. The van der Waals surface area contributed by atoms with Gasteiger partial charge in [0.15, 0.2) is 11.1 Å². The average molecular weight is 873 g/mol. The minimum atomic E-state index is -4.92. The molecule has 0 saturated heterocycles. The monoisotopic (exact) mass is 872 g/mol. The minimum absolute atomic E-state index is 0.111. The van der Waals surface area contributed by atoms with Crippen LogP contribution in [-0.4, -0.2) is 12.4 Å². The van der Waals surface area contributed by atoms with E-state index in [4.69, 9.17) is 10.5 Å². The second kappa shape index (κ2) is 12.2. The van der Waals surface area contributed by atoms with Gasteiger partial charge in [-0.2, -0.15) is 47.4 Å². The van der Waals surface area contributed by atoms with Gasteiger partial charge in [-0.1, -0.05) is 0 Å². The lowest BCUT2D eigenvalue weighted by Crippen LogP contribution is -2.12. The Morgan fingerprint density at radius 1 is 0.377 bits per heavy atom. The second-order valence-electron chi connectivity index (χ2n) is 11.1. The molecule has 0 aliphatic carbocycles. The van der Waals surface area contributed by atoms with Crippen molar-refractivity contribution < 1.29 is 26.3 Å². The summed E-state index contributed by atoms with van der Waals surface area (Å²) >= 11 is 13.5. The van der Waals surface area contributed by atoms with Crippen LogP contribution >= 0.6 is 102 Å². The van der Waals surface area contributed by atoms with Gasteiger partial charge in [0.1, 0.15) is 24.3 Å². The predicted octanol–water partition coefficient (Wildman–Crippen LogP) is 15.2. The Morgan fingerprint density at radius 2 is 0.717 bits per heavy atom. The number of allylic oxidation sites excluding steroid dienone is 4. The molecule has 0 aromatic carbocycles. The average Bonchev–Trinajstić information content (AvgIpc) is 3.91. The van der Waals surface area contributed by atoms with E-state index < -0.39 is 34.6 Å². The van der Waals surface area contributed by atoms with Crippen LogP contribution in [0.25, 0.3) is 87.1 Å². The largest absolute Gasteiger partial charge is 0.427 e. The summed E-state index contributed by atoms with van der Waals surface area (Å²) in [4.78, 5) is 4.23. The summed E-state index contributed by atoms with van der Waals surface area (Å²) in [5.74, 6) is 0. The molecule has 0 unspecified atom stereocenters. The molecule has 0 fully saturated rings. The summed E-state index contributed by atoms with van der Waals surface area (Å²) in [5, 5.41) is 37.0. The van der Waals surface area contributed by atoms with Gasteiger partial charge in [0.05, 0.1) is 39.3 Å². The van der Waals surface area contributed by atoms with E-state index in [1.54, 1.807) is 81.0 Å². The van der Waals surface area contributed by atoms with Gasteiger partial charge < -0.3 is 0 Å². The van der Waals surface area contributed by atoms with Crippen molar-refractivity contribution in [3.8, 4) is 43.8 Å². The minimum Gasteiger partial charge on any atom is -0.192 e. The standard InChI is InChI=1S/C34H6F6N4S9/c35-33(36,37)13(9-43)11(7-41)15-1-17-19(45-15)3-21(47-17)23-5-25-27(49-23)29-31(51-25)32-30(53-29)28-26(52-32)6-24(50-28)22-4-20-18(48-22)2-16(46-20)12(8-42)14(10-44)34(38,39)40/h1-6H/b13-11+,14-12+. The van der Waals surface area contributed by atoms with E-state index in [1.165, 1.54) is 50.9 Å². The smallest absolute Gasteiger partial charge is 0.192 e. The van der Waals surface area contributed by atoms with E-state index >= 15 is 0 Å². The quantitative estimate of drug-likeness (QED) is 0.130. The van der Waals surface area contributed by atoms with E-state index in [0.29, 0.717) is 0 Å². The maximum Gasteiger partial charge on any atom is 0.427 e. The number of rotatable bonds is 4. The van der Waals surface area contributed by atoms with Gasteiger partial charge in [0, 0.05) is 57.5 Å². The molecule has 9 heterocycles. The number of hydrogen-bond acceptors (Lipinski definition) is 13. The first kappa shape index (κ1) is 34.6. The lowest BCUT2D eigenvalue weighted by atomic mass is 10.1. The Kier molecular flexibility index (Phi) is 7.97. The van der Waals surface area contributed by atoms with E-state index in [2.05, 4.69) is 12.1 Å². The zero-order valence-corrected chi connectivity index (χ0v) is 32.5. The van der Waals surface area contributed by atoms with Gasteiger partial charge in [-0.25, -0.2) is 0 Å². The van der Waals surface area contributed by atoms with Crippen LogP contribution in [0, 0.1) is 45.3 Å². The topological polar surface area (TPSA) is 95.2 Å². The van der Waals surface area contributed by atoms with Gasteiger partial charge in [0.2, 0.25) is 0 Å². The molecule has 4 nitrogen and oxygen atoms in total. The molecule has 0 aliphatic rings. The number of nitriles is 4. The van der Waals surface area contributed by atoms with Gasteiger partial charge >= 0.3 is 12.4 Å². The van der Waals surface area contributed by atoms with Gasteiger partial charge in [-0.3, -0.25) is 0 Å². The Hall–Kier alpha value is -4.12. The van der Waals surface area contributed by atoms with Crippen molar-refractivity contribution in [2.45, 2.75) is 12.4 Å². The molecule has 0 N–H and O–H groups in total. The highest BCUT2D eigenvalue weighted by atomic mass is 32.1. The van der Waals surface area contributed by atoms with Crippen molar-refractivity contribution in [3.05, 3.63) is 57.3 Å². The van der Waals surface area contributed by atoms with Crippen molar-refractivity contribution in [1.82, 2.24) is 0 Å². The molecule has 0 radical (unpaired) electrons. The van der Waals surface area contributed by atoms with E-state index in [9.17, 15) is 36.9 Å². The highest BCUT2D eigenvalue weighted by Crippen LogP contribution is 2.56. The Labute approximate surface area is 327 Å². The van der Waals surface area contributed by atoms with E-state index in [-0.39, 0.29) is 9.75 Å². The fourth-order valence-electron chi connectivity index (χ4n) is 5.72. The van der Waals surface area contributed by atoms with E-state index in [1.807, 2.05) is 12.1 Å². The third kappa shape index (κ3) is 5.46. The highest BCUT2D eigenvalue weighted by molar-refractivity contribution is 7.49. The zero-order valence-electron chi connectivity index (χ0n) is 25.2. The van der Waals surface area contributed by atoms with E-state index in [0.717, 1.165) is 82.5 Å². The Morgan fingerprint density at radius 3 is 1.06 bits per heavy atom. The summed E-state index contributed by atoms with van der Waals surface area (Å²) in [6.07, 6.45) is -9.84. The Bertz CT molecular complexity index is 2990. The fourth-order valence-corrected chi connectivity index (χ4v) is 17.9. The molecule has 19 heteroatoms. The summed E-state index contributed by atoms with van der Waals surface area (Å²) < 4.78 is 92.5. The Balaban J connectivity index is 1.04. The molecule has 0 amide bonds. The van der Waals surface area contributed by atoms with Crippen molar-refractivity contribution in [1.29, 1.82) is 21.0 Å². The molecule has 0 spiro atoms. The zero-order chi connectivity index (χ0) is 37.1. The maximum absolute atomic E-state index is 13.3. The number of fused-ring (bicyclic) bond motifs is 9. The third-order valence-electron chi connectivity index (χ3n) is 7.96. The molecule has 9 aromatic heterocycles. The molecule has 258 valence electrons. The molecule has 0 aliphatic heterocycles. The molecule has 0 saturated carbocycles. The maximum atomic E-state index is 13.3. The van der Waals surface area contributed by atoms with Crippen molar-refractivity contribution >= 4 is 170 Å². The van der Waals surface area contributed by atoms with Crippen molar-refractivity contribution in [2.75, 3.05) is 0 Å². The second-order valence-corrected chi connectivity index (χ2v) is 20.6. The van der Waals surface area contributed by atoms with Crippen LogP contribution in [0.4, 0.5) is 26.3 Å². The first-order valence-electron chi connectivity index (χ1n) is 14.4. The van der Waals surface area contributed by atoms with Gasteiger partial charge in [0.25, 0.3) is 0 Å². The van der Waals surface area contributed by atoms with Crippen molar-refractivity contribution in [2.24, 2.45) is 0 Å². The molecular formula is C34H6F6N4S9. The fraction of sp³-hybridized carbons (Fsp3) is 0.0588. The molecular weight excluding hydrogens is 867 g/mol. The normalized spacial score (nSPS) is 13.6. The van der Waals surface area contributed by atoms with Gasteiger partial charge in [-0.15, -0.1) is 102 Å². The summed E-state index contributed by atoms with van der Waals surface area (Å²) in [5.41, 5.74) is -4.34. The summed E-state index contributed by atoms with van der Waals surface area (Å²) in [6, 6.07) is 16.6. The van der Waals surface area contributed by atoms with Crippen LogP contribution in [0.5, 0.6) is 0 Å². The van der Waals surface area contributed by atoms with Gasteiger partial charge in [-0.05, 0) is 36.4 Å². The molecule has 0 bridgehead atoms. The predicted molar refractivity (Wildman–Crippen MR) is 212 cm³/mol. The SMILES string of the molecule is N#C/C(=C(/C#N)C(F)(F)F)c1cc2sc(-c3cc4sc5c(sc6c7sc(-c8cc9sc(/C(C#N)=C(\C#N)C(F)(F)F)cc9s8)cc7sc65)c4s3)cc2s1. The lowest BCUT2D eigenvalue weighted by molar-refractivity contribution is -0.0876. The molecule has 9 rings (SSSR count). The lowest BCUT2D eigenvalue weighted by Gasteiger charge is -2.05. The number of nitrogens with zero attached hydrogens (tertiary/aromatic N) is 4. The summed E-state index contributed by atoms with van der Waals surface area (Å²) in [7, 11) is 0. The molecule has 53 heavy (non-hydrogen) atoms. The van der Waals surface area contributed by atoms with Crippen LogP contribution in [0.15, 0.2) is 47.5 Å². The number of alkyl halides is 6. The molecule has 0 atom stereocenters.